The van der Waals surface area contributed by atoms with Gasteiger partial charge < -0.3 is 5.32 Å². The summed E-state index contributed by atoms with van der Waals surface area (Å²) in [5.41, 5.74) is 2.80. The van der Waals surface area contributed by atoms with Crippen molar-refractivity contribution in [2.45, 2.75) is 19.8 Å². The Labute approximate surface area is 112 Å². The van der Waals surface area contributed by atoms with Crippen molar-refractivity contribution in [3.63, 3.8) is 0 Å². The fraction of sp³-hybridized carbons (Fsp3) is 0.333. The standard InChI is InChI=1S/C15H17N3O/c1-10-8-12-14(13(19)9-10)15(16-2)17-18(12)11-6-4-3-5-7-11/h3-7,10H,8-9H2,1-2H3,(H,16,17)/t10-/m1/s1. The number of ketones is 1. The Balaban J connectivity index is 2.20. The average Bonchev–Trinajstić information content (AvgIpc) is 2.78. The molecule has 2 aromatic rings. The highest BCUT2D eigenvalue weighted by molar-refractivity contribution is 6.02. The Hall–Kier alpha value is -2.10. The highest BCUT2D eigenvalue weighted by Gasteiger charge is 2.30. The summed E-state index contributed by atoms with van der Waals surface area (Å²) in [4.78, 5) is 12.2. The maximum atomic E-state index is 12.2. The van der Waals surface area contributed by atoms with Gasteiger partial charge in [0.25, 0.3) is 0 Å². The molecular formula is C15H17N3O. The number of fused-ring (bicyclic) bond motifs is 1. The van der Waals surface area contributed by atoms with E-state index in [1.165, 1.54) is 0 Å². The smallest absolute Gasteiger partial charge is 0.168 e. The van der Waals surface area contributed by atoms with E-state index in [1.807, 2.05) is 42.1 Å². The van der Waals surface area contributed by atoms with E-state index in [0.29, 0.717) is 18.2 Å². The molecule has 1 aromatic carbocycles. The quantitative estimate of drug-likeness (QED) is 0.897. The predicted octanol–water partition coefficient (Wildman–Crippen LogP) is 2.68. The van der Waals surface area contributed by atoms with E-state index >= 15 is 0 Å². The van der Waals surface area contributed by atoms with Gasteiger partial charge >= 0.3 is 0 Å². The van der Waals surface area contributed by atoms with Crippen molar-refractivity contribution in [2.24, 2.45) is 5.92 Å². The van der Waals surface area contributed by atoms with E-state index in [1.54, 1.807) is 0 Å². The minimum absolute atomic E-state index is 0.195. The Morgan fingerprint density at radius 2 is 2.00 bits per heavy atom. The SMILES string of the molecule is CNc1nn(-c2ccccc2)c2c1C(=O)C[C@H](C)C2. The molecule has 4 heteroatoms. The number of carbonyl (C=O) groups excluding carboxylic acids is 1. The molecule has 3 rings (SSSR count). The summed E-state index contributed by atoms with van der Waals surface area (Å²) in [7, 11) is 1.81. The number of nitrogens with zero attached hydrogens (tertiary/aromatic N) is 2. The van der Waals surface area contributed by atoms with Crippen molar-refractivity contribution < 1.29 is 4.79 Å². The Bertz CT molecular complexity index is 616. The van der Waals surface area contributed by atoms with Crippen LogP contribution < -0.4 is 5.32 Å². The summed E-state index contributed by atoms with van der Waals surface area (Å²) >= 11 is 0. The maximum absolute atomic E-state index is 12.2. The Kier molecular flexibility index (Phi) is 2.85. The topological polar surface area (TPSA) is 46.9 Å². The highest BCUT2D eigenvalue weighted by atomic mass is 16.1. The lowest BCUT2D eigenvalue weighted by Crippen LogP contribution is -2.19. The van der Waals surface area contributed by atoms with Gasteiger partial charge in [-0.2, -0.15) is 0 Å². The first-order valence-corrected chi connectivity index (χ1v) is 6.59. The van der Waals surface area contributed by atoms with Crippen LogP contribution in [0.1, 0.15) is 29.4 Å². The lowest BCUT2D eigenvalue weighted by atomic mass is 9.88. The molecule has 0 spiro atoms. The third-order valence-corrected chi connectivity index (χ3v) is 3.57. The van der Waals surface area contributed by atoms with Crippen molar-refractivity contribution >= 4 is 11.6 Å². The van der Waals surface area contributed by atoms with Gasteiger partial charge in [-0.15, -0.1) is 5.10 Å². The van der Waals surface area contributed by atoms with Crippen LogP contribution in [0, 0.1) is 5.92 Å². The summed E-state index contributed by atoms with van der Waals surface area (Å²) in [5, 5.41) is 7.59. The van der Waals surface area contributed by atoms with E-state index in [4.69, 9.17) is 0 Å². The lowest BCUT2D eigenvalue weighted by Gasteiger charge is -2.19. The third kappa shape index (κ3) is 1.93. The van der Waals surface area contributed by atoms with Gasteiger partial charge in [-0.3, -0.25) is 4.79 Å². The Morgan fingerprint density at radius 3 is 2.68 bits per heavy atom. The minimum atomic E-state index is 0.195. The van der Waals surface area contributed by atoms with E-state index < -0.39 is 0 Å². The molecule has 1 atom stereocenters. The van der Waals surface area contributed by atoms with Gasteiger partial charge in [0.05, 0.1) is 16.9 Å². The molecule has 1 heterocycles. The summed E-state index contributed by atoms with van der Waals surface area (Å²) in [6, 6.07) is 9.96. The molecule has 0 saturated heterocycles. The van der Waals surface area contributed by atoms with Crippen LogP contribution in [0.25, 0.3) is 5.69 Å². The largest absolute Gasteiger partial charge is 0.371 e. The van der Waals surface area contributed by atoms with Crippen molar-refractivity contribution in [1.82, 2.24) is 9.78 Å². The minimum Gasteiger partial charge on any atom is -0.371 e. The third-order valence-electron chi connectivity index (χ3n) is 3.57. The monoisotopic (exact) mass is 255 g/mol. The number of rotatable bonds is 2. The number of carbonyl (C=O) groups is 1. The van der Waals surface area contributed by atoms with Crippen LogP contribution in [-0.2, 0) is 6.42 Å². The second-order valence-corrected chi connectivity index (χ2v) is 5.10. The molecule has 1 N–H and O–H groups in total. The van der Waals surface area contributed by atoms with E-state index in [9.17, 15) is 4.79 Å². The lowest BCUT2D eigenvalue weighted by molar-refractivity contribution is 0.0953. The van der Waals surface area contributed by atoms with E-state index in [2.05, 4.69) is 17.3 Å². The second-order valence-electron chi connectivity index (χ2n) is 5.10. The first kappa shape index (κ1) is 12.0. The van der Waals surface area contributed by atoms with Gasteiger partial charge in [0.1, 0.15) is 0 Å². The van der Waals surface area contributed by atoms with E-state index in [-0.39, 0.29) is 5.78 Å². The fourth-order valence-corrected chi connectivity index (χ4v) is 2.71. The van der Waals surface area contributed by atoms with Crippen LogP contribution >= 0.6 is 0 Å². The molecule has 0 fully saturated rings. The predicted molar refractivity (Wildman–Crippen MR) is 74.9 cm³/mol. The number of hydrogen-bond donors (Lipinski definition) is 1. The molecule has 0 radical (unpaired) electrons. The van der Waals surface area contributed by atoms with Crippen LogP contribution in [0.2, 0.25) is 0 Å². The van der Waals surface area contributed by atoms with Crippen molar-refractivity contribution in [3.8, 4) is 5.69 Å². The van der Waals surface area contributed by atoms with Crippen LogP contribution in [0.3, 0.4) is 0 Å². The number of aromatic nitrogens is 2. The molecule has 0 unspecified atom stereocenters. The molecule has 98 valence electrons. The zero-order chi connectivity index (χ0) is 13.4. The van der Waals surface area contributed by atoms with Gasteiger partial charge in [-0.25, -0.2) is 4.68 Å². The number of nitrogens with one attached hydrogen (secondary N) is 1. The van der Waals surface area contributed by atoms with Crippen LogP contribution in [-0.4, -0.2) is 22.6 Å². The average molecular weight is 255 g/mol. The summed E-state index contributed by atoms with van der Waals surface area (Å²) in [5.74, 6) is 1.26. The molecule has 4 nitrogen and oxygen atoms in total. The first-order chi connectivity index (χ1) is 9.20. The molecule has 19 heavy (non-hydrogen) atoms. The van der Waals surface area contributed by atoms with Crippen LogP contribution in [0.4, 0.5) is 5.82 Å². The molecular weight excluding hydrogens is 238 g/mol. The number of Topliss-reactive ketones (excluding diaryl/α,β-unsaturated/α-hetero) is 1. The van der Waals surface area contributed by atoms with Crippen LogP contribution in [0.5, 0.6) is 0 Å². The molecule has 0 amide bonds. The van der Waals surface area contributed by atoms with E-state index in [0.717, 1.165) is 23.4 Å². The van der Waals surface area contributed by atoms with Crippen LogP contribution in [0.15, 0.2) is 30.3 Å². The summed E-state index contributed by atoms with van der Waals surface area (Å²) in [6.07, 6.45) is 1.51. The van der Waals surface area contributed by atoms with Gasteiger partial charge in [0.2, 0.25) is 0 Å². The van der Waals surface area contributed by atoms with Crippen molar-refractivity contribution in [1.29, 1.82) is 0 Å². The first-order valence-electron chi connectivity index (χ1n) is 6.59. The van der Waals surface area contributed by atoms with Gasteiger partial charge in [0.15, 0.2) is 11.6 Å². The van der Waals surface area contributed by atoms with Gasteiger partial charge in [0, 0.05) is 13.5 Å². The normalized spacial score (nSPS) is 18.2. The molecule has 1 aliphatic carbocycles. The number of anilines is 1. The van der Waals surface area contributed by atoms with Gasteiger partial charge in [-0.1, -0.05) is 25.1 Å². The molecule has 0 saturated carbocycles. The molecule has 0 aliphatic heterocycles. The number of para-hydroxylation sites is 1. The molecule has 0 bridgehead atoms. The zero-order valence-corrected chi connectivity index (χ0v) is 11.2. The summed E-state index contributed by atoms with van der Waals surface area (Å²) in [6.45, 7) is 2.11. The number of benzene rings is 1. The van der Waals surface area contributed by atoms with Crippen molar-refractivity contribution in [3.05, 3.63) is 41.6 Å². The molecule has 1 aromatic heterocycles. The summed E-state index contributed by atoms with van der Waals surface area (Å²) < 4.78 is 1.90. The zero-order valence-electron chi connectivity index (χ0n) is 11.2. The Morgan fingerprint density at radius 1 is 1.26 bits per heavy atom. The molecule has 1 aliphatic rings. The van der Waals surface area contributed by atoms with Crippen molar-refractivity contribution in [2.75, 3.05) is 12.4 Å². The second kappa shape index (κ2) is 4.53. The highest BCUT2D eigenvalue weighted by Crippen LogP contribution is 2.31. The van der Waals surface area contributed by atoms with Gasteiger partial charge in [-0.05, 0) is 24.5 Å². The fourth-order valence-electron chi connectivity index (χ4n) is 2.71. The number of hydrogen-bond acceptors (Lipinski definition) is 3. The maximum Gasteiger partial charge on any atom is 0.168 e.